The van der Waals surface area contributed by atoms with Gasteiger partial charge in [0.15, 0.2) is 0 Å². The second kappa shape index (κ2) is 3.84. The number of methoxy groups -OCH3 is 1. The highest BCUT2D eigenvalue weighted by atomic mass is 19.1. The standard InChI is InChI=1S/C10H12FNO2/c1-13-6-8-5-12-9-4-7(11)2-3-10(9)14-8/h2-4,8,12H,5-6H2,1H3. The maximum atomic E-state index is 12.8. The second-order valence-corrected chi connectivity index (χ2v) is 3.22. The molecule has 1 aliphatic rings. The number of halogens is 1. The van der Waals surface area contributed by atoms with E-state index in [1.165, 1.54) is 12.1 Å². The topological polar surface area (TPSA) is 30.5 Å². The molecule has 76 valence electrons. The molecule has 3 nitrogen and oxygen atoms in total. The summed E-state index contributed by atoms with van der Waals surface area (Å²) >= 11 is 0. The number of nitrogens with one attached hydrogen (secondary N) is 1. The molecule has 0 saturated carbocycles. The molecule has 0 bridgehead atoms. The van der Waals surface area contributed by atoms with E-state index in [4.69, 9.17) is 9.47 Å². The first-order chi connectivity index (χ1) is 6.79. The summed E-state index contributed by atoms with van der Waals surface area (Å²) in [5.74, 6) is 0.421. The van der Waals surface area contributed by atoms with Gasteiger partial charge in [-0.3, -0.25) is 0 Å². The lowest BCUT2D eigenvalue weighted by atomic mass is 10.2. The lowest BCUT2D eigenvalue weighted by Gasteiger charge is -2.26. The van der Waals surface area contributed by atoms with Gasteiger partial charge in [-0.1, -0.05) is 0 Å². The largest absolute Gasteiger partial charge is 0.484 e. The normalized spacial score (nSPS) is 19.4. The number of rotatable bonds is 2. The number of fused-ring (bicyclic) bond motifs is 1. The summed E-state index contributed by atoms with van der Waals surface area (Å²) in [6.45, 7) is 1.17. The Kier molecular flexibility index (Phi) is 2.54. The first-order valence-electron chi connectivity index (χ1n) is 4.48. The zero-order valence-corrected chi connectivity index (χ0v) is 7.92. The van der Waals surface area contributed by atoms with Crippen LogP contribution >= 0.6 is 0 Å². The fourth-order valence-corrected chi connectivity index (χ4v) is 1.47. The molecule has 2 rings (SSSR count). The van der Waals surface area contributed by atoms with Crippen LogP contribution in [0.2, 0.25) is 0 Å². The lowest BCUT2D eigenvalue weighted by molar-refractivity contribution is 0.0847. The van der Waals surface area contributed by atoms with Crippen LogP contribution in [0.4, 0.5) is 10.1 Å². The molecule has 0 spiro atoms. The van der Waals surface area contributed by atoms with Gasteiger partial charge in [0.1, 0.15) is 17.7 Å². The Morgan fingerprint density at radius 3 is 3.29 bits per heavy atom. The minimum absolute atomic E-state index is 0.00189. The molecule has 0 aliphatic carbocycles. The van der Waals surface area contributed by atoms with Crippen molar-refractivity contribution in [1.29, 1.82) is 0 Å². The van der Waals surface area contributed by atoms with Crippen molar-refractivity contribution in [2.24, 2.45) is 0 Å². The van der Waals surface area contributed by atoms with Gasteiger partial charge in [0.25, 0.3) is 0 Å². The minimum Gasteiger partial charge on any atom is -0.484 e. The van der Waals surface area contributed by atoms with Crippen LogP contribution in [0.15, 0.2) is 18.2 Å². The zero-order valence-electron chi connectivity index (χ0n) is 7.92. The number of ether oxygens (including phenoxy) is 2. The average Bonchev–Trinajstić information content (AvgIpc) is 2.19. The fourth-order valence-electron chi connectivity index (χ4n) is 1.47. The number of anilines is 1. The maximum Gasteiger partial charge on any atom is 0.143 e. The SMILES string of the molecule is COCC1CNc2cc(F)ccc2O1. The fraction of sp³-hybridized carbons (Fsp3) is 0.400. The van der Waals surface area contributed by atoms with Gasteiger partial charge in [0, 0.05) is 13.2 Å². The van der Waals surface area contributed by atoms with E-state index >= 15 is 0 Å². The van der Waals surface area contributed by atoms with E-state index in [1.807, 2.05) is 0 Å². The molecule has 0 amide bonds. The Labute approximate surface area is 81.8 Å². The van der Waals surface area contributed by atoms with Gasteiger partial charge < -0.3 is 14.8 Å². The molecule has 1 aliphatic heterocycles. The van der Waals surface area contributed by atoms with E-state index in [0.717, 1.165) is 0 Å². The van der Waals surface area contributed by atoms with Crippen LogP contribution in [-0.2, 0) is 4.74 Å². The highest BCUT2D eigenvalue weighted by Crippen LogP contribution is 2.29. The molecule has 1 aromatic rings. The van der Waals surface area contributed by atoms with Gasteiger partial charge in [-0.2, -0.15) is 0 Å². The summed E-state index contributed by atoms with van der Waals surface area (Å²) in [5, 5.41) is 3.09. The van der Waals surface area contributed by atoms with E-state index in [2.05, 4.69) is 5.32 Å². The molecule has 0 aromatic heterocycles. The smallest absolute Gasteiger partial charge is 0.143 e. The third-order valence-electron chi connectivity index (χ3n) is 2.11. The van der Waals surface area contributed by atoms with Crippen molar-refractivity contribution < 1.29 is 13.9 Å². The summed E-state index contributed by atoms with van der Waals surface area (Å²) in [7, 11) is 1.63. The Hall–Kier alpha value is -1.29. The quantitative estimate of drug-likeness (QED) is 0.781. The van der Waals surface area contributed by atoms with E-state index < -0.39 is 0 Å². The predicted octanol–water partition coefficient (Wildman–Crippen LogP) is 1.64. The zero-order chi connectivity index (χ0) is 9.97. The van der Waals surface area contributed by atoms with Crippen LogP contribution in [-0.4, -0.2) is 26.4 Å². The van der Waals surface area contributed by atoms with Crippen molar-refractivity contribution in [3.8, 4) is 5.75 Å². The highest BCUT2D eigenvalue weighted by molar-refractivity contribution is 5.58. The molecule has 1 heterocycles. The summed E-state index contributed by atoms with van der Waals surface area (Å²) < 4.78 is 23.4. The molecule has 1 N–H and O–H groups in total. The first-order valence-corrected chi connectivity index (χ1v) is 4.48. The summed E-state index contributed by atoms with van der Waals surface area (Å²) in [4.78, 5) is 0. The van der Waals surface area contributed by atoms with Crippen LogP contribution in [0.5, 0.6) is 5.75 Å². The van der Waals surface area contributed by atoms with Gasteiger partial charge in [-0.25, -0.2) is 4.39 Å². The van der Waals surface area contributed by atoms with Crippen molar-refractivity contribution in [1.82, 2.24) is 0 Å². The van der Waals surface area contributed by atoms with Crippen molar-refractivity contribution in [3.05, 3.63) is 24.0 Å². The van der Waals surface area contributed by atoms with Crippen LogP contribution in [0, 0.1) is 5.82 Å². The molecular formula is C10H12FNO2. The molecule has 0 saturated heterocycles. The Balaban J connectivity index is 2.15. The van der Waals surface area contributed by atoms with E-state index in [0.29, 0.717) is 24.6 Å². The van der Waals surface area contributed by atoms with E-state index in [9.17, 15) is 4.39 Å². The molecule has 1 unspecified atom stereocenters. The van der Waals surface area contributed by atoms with Crippen molar-refractivity contribution in [2.75, 3.05) is 25.6 Å². The predicted molar refractivity (Wildman–Crippen MR) is 51.2 cm³/mol. The molecule has 1 atom stereocenters. The molecule has 14 heavy (non-hydrogen) atoms. The van der Waals surface area contributed by atoms with E-state index in [-0.39, 0.29) is 11.9 Å². The lowest BCUT2D eigenvalue weighted by Crippen LogP contribution is -2.34. The van der Waals surface area contributed by atoms with Crippen molar-refractivity contribution in [2.45, 2.75) is 6.10 Å². The highest BCUT2D eigenvalue weighted by Gasteiger charge is 2.18. The summed E-state index contributed by atoms with van der Waals surface area (Å²) in [6.07, 6.45) is -0.00189. The molecule has 1 aromatic carbocycles. The average molecular weight is 197 g/mol. The molecule has 0 radical (unpaired) electrons. The molecular weight excluding hydrogens is 185 g/mol. The Morgan fingerprint density at radius 2 is 2.50 bits per heavy atom. The first kappa shape index (κ1) is 9.27. The monoisotopic (exact) mass is 197 g/mol. The van der Waals surface area contributed by atoms with Crippen LogP contribution < -0.4 is 10.1 Å². The van der Waals surface area contributed by atoms with Crippen LogP contribution in [0.3, 0.4) is 0 Å². The van der Waals surface area contributed by atoms with Gasteiger partial charge in [0.2, 0.25) is 0 Å². The summed E-state index contributed by atoms with van der Waals surface area (Å²) in [5.41, 5.74) is 0.706. The summed E-state index contributed by atoms with van der Waals surface area (Å²) in [6, 6.07) is 4.44. The Morgan fingerprint density at radius 1 is 1.64 bits per heavy atom. The molecule has 4 heteroatoms. The van der Waals surface area contributed by atoms with E-state index in [1.54, 1.807) is 13.2 Å². The maximum absolute atomic E-state index is 12.8. The number of benzene rings is 1. The Bertz CT molecular complexity index is 330. The third kappa shape index (κ3) is 1.80. The third-order valence-corrected chi connectivity index (χ3v) is 2.11. The van der Waals surface area contributed by atoms with Gasteiger partial charge in [-0.15, -0.1) is 0 Å². The van der Waals surface area contributed by atoms with Gasteiger partial charge >= 0.3 is 0 Å². The number of hydrogen-bond donors (Lipinski definition) is 1. The minimum atomic E-state index is -0.259. The van der Waals surface area contributed by atoms with Crippen molar-refractivity contribution >= 4 is 5.69 Å². The van der Waals surface area contributed by atoms with Gasteiger partial charge in [0.05, 0.1) is 18.8 Å². The second-order valence-electron chi connectivity index (χ2n) is 3.22. The number of hydrogen-bond acceptors (Lipinski definition) is 3. The van der Waals surface area contributed by atoms with Gasteiger partial charge in [-0.05, 0) is 12.1 Å². The molecule has 0 fully saturated rings. The van der Waals surface area contributed by atoms with Crippen molar-refractivity contribution in [3.63, 3.8) is 0 Å². The van der Waals surface area contributed by atoms with Crippen LogP contribution in [0.1, 0.15) is 0 Å². The van der Waals surface area contributed by atoms with Crippen LogP contribution in [0.25, 0.3) is 0 Å².